The van der Waals surface area contributed by atoms with E-state index in [1.54, 1.807) is 0 Å². The Hall–Kier alpha value is -2.65. The van der Waals surface area contributed by atoms with Crippen LogP contribution in [0.5, 0.6) is 5.75 Å². The molecular formula is C14H8O11S3. The molecule has 4 N–H and O–H groups in total. The summed E-state index contributed by atoms with van der Waals surface area (Å²) in [5.74, 6) is -3.80. The van der Waals surface area contributed by atoms with Crippen LogP contribution in [0.15, 0.2) is 20.7 Å². The number of phenolic OH excluding ortho intramolecular Hbond substituents is 1. The van der Waals surface area contributed by atoms with Gasteiger partial charge in [-0.25, -0.2) is 14.8 Å². The number of phenols is 1. The highest BCUT2D eigenvalue weighted by atomic mass is 32.2. The van der Waals surface area contributed by atoms with Crippen LogP contribution in [0.25, 0.3) is 16.2 Å². The van der Waals surface area contributed by atoms with Crippen LogP contribution in [0.1, 0.15) is 15.9 Å². The number of carboxylic acid groups (broad SMARTS) is 2. The number of thioether (sulfide) groups is 1. The zero-order valence-corrected chi connectivity index (χ0v) is 15.6. The summed E-state index contributed by atoms with van der Waals surface area (Å²) in [5.41, 5.74) is -2.43. The second-order valence-corrected chi connectivity index (χ2v) is 8.61. The van der Waals surface area contributed by atoms with E-state index >= 15 is 0 Å². The number of carbonyl (C=O) groups excluding carboxylic acids is 1. The average Bonchev–Trinajstić information content (AvgIpc) is 3.07. The Bertz CT molecular complexity index is 1160. The van der Waals surface area contributed by atoms with Gasteiger partial charge in [-0.3, -0.25) is 4.79 Å². The first-order valence-corrected chi connectivity index (χ1v) is 10.1. The average molecular weight is 448 g/mol. The third-order valence-corrected chi connectivity index (χ3v) is 7.17. The topological polar surface area (TPSA) is 185 Å². The van der Waals surface area contributed by atoms with Gasteiger partial charge in [-0.15, -0.1) is 15.7 Å². The standard InChI is InChI=1S/C14H8O11S3/c15-3-24-14-5(12(17)18)1-4-7-6(13(19)20)2-26-10(7)8(16)11(9(4)27-14)28(22,23)25-21/h1-3,14,16,21H,(H,17,18)(H,19,20). The van der Waals surface area contributed by atoms with E-state index < -0.39 is 43.7 Å². The van der Waals surface area contributed by atoms with Gasteiger partial charge in [0.05, 0.1) is 15.8 Å². The third kappa shape index (κ3) is 3.00. The molecule has 0 fully saturated rings. The van der Waals surface area contributed by atoms with Crippen LogP contribution in [-0.2, 0) is 28.8 Å². The molecule has 2 aromatic rings. The quantitative estimate of drug-likeness (QED) is 0.284. The number of aromatic carboxylic acids is 1. The number of carboxylic acids is 2. The maximum absolute atomic E-state index is 12.2. The van der Waals surface area contributed by atoms with Gasteiger partial charge in [-0.2, -0.15) is 8.42 Å². The van der Waals surface area contributed by atoms with E-state index in [9.17, 15) is 38.1 Å². The number of benzene rings is 1. The van der Waals surface area contributed by atoms with Gasteiger partial charge < -0.3 is 20.1 Å². The molecule has 0 saturated carbocycles. The largest absolute Gasteiger partial charge is 0.505 e. The Morgan fingerprint density at radius 2 is 1.89 bits per heavy atom. The van der Waals surface area contributed by atoms with Gasteiger partial charge in [0.25, 0.3) is 6.47 Å². The van der Waals surface area contributed by atoms with E-state index in [4.69, 9.17) is 5.26 Å². The summed E-state index contributed by atoms with van der Waals surface area (Å²) in [7, 11) is -4.93. The van der Waals surface area contributed by atoms with Crippen molar-refractivity contribution < 1.29 is 52.4 Å². The van der Waals surface area contributed by atoms with Crippen LogP contribution in [0, 0.1) is 0 Å². The van der Waals surface area contributed by atoms with Gasteiger partial charge in [0.15, 0.2) is 16.1 Å². The fourth-order valence-electron chi connectivity index (χ4n) is 2.64. The monoisotopic (exact) mass is 448 g/mol. The zero-order valence-electron chi connectivity index (χ0n) is 13.2. The van der Waals surface area contributed by atoms with E-state index in [0.717, 1.165) is 11.5 Å². The Labute approximate surface area is 163 Å². The van der Waals surface area contributed by atoms with Crippen molar-refractivity contribution in [3.63, 3.8) is 0 Å². The number of carbonyl (C=O) groups is 3. The number of fused-ring (bicyclic) bond motifs is 3. The number of thiophene rings is 1. The number of hydrogen-bond donors (Lipinski definition) is 4. The van der Waals surface area contributed by atoms with Gasteiger partial charge >= 0.3 is 22.1 Å². The minimum Gasteiger partial charge on any atom is -0.505 e. The van der Waals surface area contributed by atoms with Crippen LogP contribution >= 0.6 is 23.1 Å². The SMILES string of the molecule is O=COC1Sc2c(S(=O)(=O)OO)c(O)c3scc(C(=O)O)c3c2C=C1C(=O)O. The van der Waals surface area contributed by atoms with Crippen molar-refractivity contribution in [2.45, 2.75) is 15.2 Å². The van der Waals surface area contributed by atoms with Crippen LogP contribution in [-0.4, -0.2) is 52.8 Å². The first-order chi connectivity index (χ1) is 13.1. The molecule has 3 rings (SSSR count). The normalized spacial score (nSPS) is 16.3. The summed E-state index contributed by atoms with van der Waals surface area (Å²) in [5, 5.41) is 39.0. The highest BCUT2D eigenvalue weighted by Crippen LogP contribution is 2.51. The number of ether oxygens (including phenoxy) is 1. The summed E-state index contributed by atoms with van der Waals surface area (Å²) in [4.78, 5) is 32.5. The molecule has 0 aliphatic carbocycles. The fraction of sp³-hybridized carbons (Fsp3) is 0.0714. The molecule has 0 spiro atoms. The van der Waals surface area contributed by atoms with Crippen molar-refractivity contribution in [2.75, 3.05) is 0 Å². The molecule has 148 valence electrons. The molecule has 2 heterocycles. The summed E-state index contributed by atoms with van der Waals surface area (Å²) in [6, 6.07) is 0. The molecule has 14 heteroatoms. The highest BCUT2D eigenvalue weighted by Gasteiger charge is 2.38. The number of aromatic hydroxyl groups is 1. The first kappa shape index (κ1) is 20.1. The van der Waals surface area contributed by atoms with E-state index in [0.29, 0.717) is 23.1 Å². The number of hydrogen-bond acceptors (Lipinski definition) is 11. The first-order valence-electron chi connectivity index (χ1n) is 6.96. The molecule has 1 aromatic carbocycles. The van der Waals surface area contributed by atoms with Crippen LogP contribution in [0.3, 0.4) is 0 Å². The molecule has 11 nitrogen and oxygen atoms in total. The molecule has 0 radical (unpaired) electrons. The van der Waals surface area contributed by atoms with Gasteiger partial charge in [0.1, 0.15) is 0 Å². The molecule has 0 saturated heterocycles. The van der Waals surface area contributed by atoms with E-state index in [1.165, 1.54) is 0 Å². The minimum absolute atomic E-state index is 0.0538. The molecule has 1 atom stereocenters. The fourth-order valence-corrected chi connectivity index (χ4v) is 6.01. The van der Waals surface area contributed by atoms with Crippen molar-refractivity contribution in [3.05, 3.63) is 22.1 Å². The van der Waals surface area contributed by atoms with Gasteiger partial charge in [-0.1, -0.05) is 11.8 Å². The molecule has 1 aliphatic rings. The summed E-state index contributed by atoms with van der Waals surface area (Å²) >= 11 is 1.12. The lowest BCUT2D eigenvalue weighted by atomic mass is 10.0. The zero-order chi connectivity index (χ0) is 20.8. The minimum atomic E-state index is -4.93. The van der Waals surface area contributed by atoms with Crippen LogP contribution in [0.2, 0.25) is 0 Å². The van der Waals surface area contributed by atoms with Gasteiger partial charge in [0, 0.05) is 21.2 Å². The molecule has 28 heavy (non-hydrogen) atoms. The Balaban J connectivity index is 2.53. The maximum atomic E-state index is 12.2. The Kier molecular flexibility index (Phi) is 5.07. The van der Waals surface area contributed by atoms with E-state index in [1.807, 2.05) is 0 Å². The van der Waals surface area contributed by atoms with Crippen molar-refractivity contribution in [3.8, 4) is 5.75 Å². The molecule has 0 amide bonds. The third-order valence-electron chi connectivity index (χ3n) is 3.72. The Morgan fingerprint density at radius 1 is 1.21 bits per heavy atom. The van der Waals surface area contributed by atoms with Crippen molar-refractivity contribution in [1.29, 1.82) is 0 Å². The highest BCUT2D eigenvalue weighted by molar-refractivity contribution is 8.00. The molecular weight excluding hydrogens is 440 g/mol. The van der Waals surface area contributed by atoms with Gasteiger partial charge in [0.2, 0.25) is 0 Å². The smallest absolute Gasteiger partial charge is 0.337 e. The van der Waals surface area contributed by atoms with Gasteiger partial charge in [-0.05, 0) is 6.08 Å². The van der Waals surface area contributed by atoms with Crippen molar-refractivity contribution in [2.24, 2.45) is 0 Å². The lowest BCUT2D eigenvalue weighted by Gasteiger charge is -2.24. The molecule has 0 bridgehead atoms. The second kappa shape index (κ2) is 7.06. The lowest BCUT2D eigenvalue weighted by Crippen LogP contribution is -2.22. The number of aliphatic carboxylic acids is 1. The van der Waals surface area contributed by atoms with E-state index in [2.05, 4.69) is 9.07 Å². The predicted molar refractivity (Wildman–Crippen MR) is 93.8 cm³/mol. The van der Waals surface area contributed by atoms with Crippen LogP contribution < -0.4 is 0 Å². The van der Waals surface area contributed by atoms with E-state index in [-0.39, 0.29) is 32.6 Å². The second-order valence-electron chi connectivity index (χ2n) is 5.19. The molecule has 1 aliphatic heterocycles. The summed E-state index contributed by atoms with van der Waals surface area (Å²) in [6.45, 7) is -0.0538. The number of rotatable bonds is 6. The Morgan fingerprint density at radius 3 is 2.43 bits per heavy atom. The summed E-state index contributed by atoms with van der Waals surface area (Å²) in [6.07, 6.45) is 0.944. The summed E-state index contributed by atoms with van der Waals surface area (Å²) < 4.78 is 32.3. The maximum Gasteiger partial charge on any atom is 0.337 e. The predicted octanol–water partition coefficient (Wildman–Crippen LogP) is 1.56. The van der Waals surface area contributed by atoms with Crippen molar-refractivity contribution in [1.82, 2.24) is 0 Å². The molecule has 1 unspecified atom stereocenters. The van der Waals surface area contributed by atoms with Crippen molar-refractivity contribution >= 4 is 67.8 Å². The molecule has 1 aromatic heterocycles. The van der Waals surface area contributed by atoms with Crippen LogP contribution in [0.4, 0.5) is 0 Å². The lowest BCUT2D eigenvalue weighted by molar-refractivity contribution is -0.135.